The van der Waals surface area contributed by atoms with Gasteiger partial charge in [-0.2, -0.15) is 0 Å². The third kappa shape index (κ3) is 3.57. The quantitative estimate of drug-likeness (QED) is 0.654. The Kier molecular flexibility index (Phi) is 4.43. The molecule has 1 amide bonds. The molecule has 8 nitrogen and oxygen atoms in total. The molecule has 3 N–H and O–H groups in total. The number of imidazole rings is 1. The molecule has 3 aromatic rings. The van der Waals surface area contributed by atoms with Crippen LogP contribution in [0, 0.1) is 5.92 Å². The van der Waals surface area contributed by atoms with Crippen LogP contribution in [0.15, 0.2) is 31.0 Å². The van der Waals surface area contributed by atoms with E-state index < -0.39 is 5.60 Å². The van der Waals surface area contributed by atoms with Crippen LogP contribution < -0.4 is 5.32 Å². The molecule has 1 aliphatic rings. The normalized spacial score (nSPS) is 20.7. The zero-order valence-electron chi connectivity index (χ0n) is 15.5. The molecule has 1 fully saturated rings. The molecule has 1 saturated carbocycles. The predicted molar refractivity (Wildman–Crippen MR) is 101 cm³/mol. The summed E-state index contributed by atoms with van der Waals surface area (Å²) in [7, 11) is 0. The number of H-pyrrole nitrogens is 1. The summed E-state index contributed by atoms with van der Waals surface area (Å²) >= 11 is 0. The maximum absolute atomic E-state index is 12.9. The van der Waals surface area contributed by atoms with E-state index in [9.17, 15) is 9.90 Å². The first-order chi connectivity index (χ1) is 12.9. The van der Waals surface area contributed by atoms with Gasteiger partial charge in [-0.05, 0) is 51.5 Å². The molecule has 0 aliphatic heterocycles. The van der Waals surface area contributed by atoms with E-state index >= 15 is 0 Å². The van der Waals surface area contributed by atoms with Crippen LogP contribution in [0.25, 0.3) is 17.0 Å². The highest BCUT2D eigenvalue weighted by atomic mass is 16.3. The van der Waals surface area contributed by atoms with Gasteiger partial charge in [0.2, 0.25) is 5.95 Å². The van der Waals surface area contributed by atoms with Gasteiger partial charge in [-0.1, -0.05) is 0 Å². The number of carbonyl (C=O) groups is 1. The lowest BCUT2D eigenvalue weighted by molar-refractivity contribution is -0.00258. The fourth-order valence-corrected chi connectivity index (χ4v) is 3.79. The summed E-state index contributed by atoms with van der Waals surface area (Å²) in [6.07, 6.45) is 10.3. The Morgan fingerprint density at radius 3 is 2.74 bits per heavy atom. The minimum atomic E-state index is -0.669. The third-order valence-electron chi connectivity index (χ3n) is 5.41. The minimum Gasteiger partial charge on any atom is -0.390 e. The summed E-state index contributed by atoms with van der Waals surface area (Å²) in [5.74, 6) is 0.473. The number of hydrogen-bond donors (Lipinski definition) is 3. The van der Waals surface area contributed by atoms with Crippen LogP contribution in [0.2, 0.25) is 0 Å². The van der Waals surface area contributed by atoms with Gasteiger partial charge in [-0.3, -0.25) is 9.36 Å². The van der Waals surface area contributed by atoms with Crippen molar-refractivity contribution in [2.45, 2.75) is 51.2 Å². The lowest BCUT2D eigenvalue weighted by atomic mass is 9.77. The topological polar surface area (TPSA) is 109 Å². The van der Waals surface area contributed by atoms with Crippen molar-refractivity contribution in [3.05, 3.63) is 36.7 Å². The summed E-state index contributed by atoms with van der Waals surface area (Å²) in [5.41, 5.74) is 0.974. The van der Waals surface area contributed by atoms with Crippen LogP contribution in [0.4, 0.5) is 0 Å². The number of carbonyl (C=O) groups excluding carboxylic acids is 1. The van der Waals surface area contributed by atoms with E-state index in [2.05, 4.69) is 25.3 Å². The second-order valence-electron chi connectivity index (χ2n) is 7.76. The van der Waals surface area contributed by atoms with Gasteiger partial charge < -0.3 is 15.4 Å². The second-order valence-corrected chi connectivity index (χ2v) is 7.76. The zero-order valence-corrected chi connectivity index (χ0v) is 15.5. The molecule has 0 aromatic carbocycles. The molecule has 3 heterocycles. The number of rotatable bonds is 4. The first kappa shape index (κ1) is 17.7. The predicted octanol–water partition coefficient (Wildman–Crippen LogP) is 2.20. The Morgan fingerprint density at radius 1 is 1.30 bits per heavy atom. The van der Waals surface area contributed by atoms with Crippen molar-refractivity contribution in [1.29, 1.82) is 0 Å². The van der Waals surface area contributed by atoms with Gasteiger partial charge in [-0.25, -0.2) is 15.0 Å². The molecule has 27 heavy (non-hydrogen) atoms. The molecular formula is C19H24N6O2. The van der Waals surface area contributed by atoms with Gasteiger partial charge in [0.25, 0.3) is 5.91 Å². The number of hydrogen-bond acceptors (Lipinski definition) is 5. The Bertz CT molecular complexity index is 933. The number of nitrogens with one attached hydrogen (secondary N) is 2. The van der Waals surface area contributed by atoms with Crippen LogP contribution in [0.3, 0.4) is 0 Å². The van der Waals surface area contributed by atoms with E-state index in [-0.39, 0.29) is 17.9 Å². The molecule has 0 radical (unpaired) electrons. The van der Waals surface area contributed by atoms with Gasteiger partial charge in [0.05, 0.1) is 16.6 Å². The smallest absolute Gasteiger partial charge is 0.272 e. The summed E-state index contributed by atoms with van der Waals surface area (Å²) in [4.78, 5) is 28.9. The Morgan fingerprint density at radius 2 is 2.07 bits per heavy atom. The van der Waals surface area contributed by atoms with E-state index in [0.717, 1.165) is 25.7 Å². The molecule has 0 atom stereocenters. The first-order valence-corrected chi connectivity index (χ1v) is 9.28. The number of fused-ring (bicyclic) bond motifs is 1. The number of amides is 1. The van der Waals surface area contributed by atoms with Crippen LogP contribution in [0.5, 0.6) is 0 Å². The Balaban J connectivity index is 1.54. The molecule has 0 spiro atoms. The van der Waals surface area contributed by atoms with E-state index in [1.807, 2.05) is 19.9 Å². The van der Waals surface area contributed by atoms with Crippen molar-refractivity contribution in [3.63, 3.8) is 0 Å². The van der Waals surface area contributed by atoms with Crippen molar-refractivity contribution in [2.24, 2.45) is 5.92 Å². The molecule has 0 unspecified atom stereocenters. The van der Waals surface area contributed by atoms with Gasteiger partial charge in [0.15, 0.2) is 5.69 Å². The largest absolute Gasteiger partial charge is 0.390 e. The molecule has 8 heteroatoms. The van der Waals surface area contributed by atoms with E-state index in [4.69, 9.17) is 0 Å². The minimum absolute atomic E-state index is 0.0905. The van der Waals surface area contributed by atoms with Crippen molar-refractivity contribution in [3.8, 4) is 5.95 Å². The molecule has 1 aliphatic carbocycles. The molecule has 4 rings (SSSR count). The third-order valence-corrected chi connectivity index (χ3v) is 5.41. The summed E-state index contributed by atoms with van der Waals surface area (Å²) in [6.45, 7) is 3.72. The van der Waals surface area contributed by atoms with E-state index in [0.29, 0.717) is 22.7 Å². The van der Waals surface area contributed by atoms with Crippen LogP contribution in [-0.2, 0) is 0 Å². The molecule has 0 saturated heterocycles. The first-order valence-electron chi connectivity index (χ1n) is 9.28. The summed E-state index contributed by atoms with van der Waals surface area (Å²) in [5, 5.41) is 13.3. The maximum Gasteiger partial charge on any atom is 0.272 e. The highest BCUT2D eigenvalue weighted by Gasteiger charge is 2.32. The average Bonchev–Trinajstić information content (AvgIpc) is 3.32. The fourth-order valence-electron chi connectivity index (χ4n) is 3.79. The molecule has 3 aromatic heterocycles. The summed E-state index contributed by atoms with van der Waals surface area (Å²) < 4.78 is 1.68. The fraction of sp³-hybridized carbons (Fsp3) is 0.474. The van der Waals surface area contributed by atoms with E-state index in [1.165, 1.54) is 0 Å². The van der Waals surface area contributed by atoms with Gasteiger partial charge in [0.1, 0.15) is 6.33 Å². The molecular weight excluding hydrogens is 344 g/mol. The van der Waals surface area contributed by atoms with Crippen LogP contribution in [0.1, 0.15) is 50.0 Å². The van der Waals surface area contributed by atoms with Crippen molar-refractivity contribution in [1.82, 2.24) is 29.8 Å². The SMILES string of the molecule is CC(C)(O)C1CCC(NC(=O)c2nc(-n3ccnc3)nc3cc[nH]c23)CC1. The van der Waals surface area contributed by atoms with Crippen molar-refractivity contribution in [2.75, 3.05) is 0 Å². The van der Waals surface area contributed by atoms with Gasteiger partial charge >= 0.3 is 0 Å². The average molecular weight is 368 g/mol. The lowest BCUT2D eigenvalue weighted by Gasteiger charge is -2.36. The highest BCUT2D eigenvalue weighted by Crippen LogP contribution is 2.32. The molecule has 142 valence electrons. The number of aromatic nitrogens is 5. The second kappa shape index (κ2) is 6.77. The number of aliphatic hydroxyl groups is 1. The maximum atomic E-state index is 12.9. The van der Waals surface area contributed by atoms with Crippen molar-refractivity contribution >= 4 is 16.9 Å². The zero-order chi connectivity index (χ0) is 19.0. The standard InChI is InChI=1S/C19H24N6O2/c1-19(2,27)12-3-5-13(6-4-12)22-17(26)16-15-14(7-8-21-15)23-18(24-16)25-10-9-20-11-25/h7-13,21,27H,3-6H2,1-2H3,(H,22,26). The highest BCUT2D eigenvalue weighted by molar-refractivity contribution is 6.03. The monoisotopic (exact) mass is 368 g/mol. The van der Waals surface area contributed by atoms with Gasteiger partial charge in [0, 0.05) is 24.6 Å². The summed E-state index contributed by atoms with van der Waals surface area (Å²) in [6, 6.07) is 1.91. The molecule has 0 bridgehead atoms. The van der Waals surface area contributed by atoms with Crippen LogP contribution in [-0.4, -0.2) is 47.2 Å². The van der Waals surface area contributed by atoms with Crippen LogP contribution >= 0.6 is 0 Å². The van der Waals surface area contributed by atoms with Gasteiger partial charge in [-0.15, -0.1) is 0 Å². The Labute approximate surface area is 157 Å². The number of nitrogens with zero attached hydrogens (tertiary/aromatic N) is 4. The Hall–Kier alpha value is -2.74. The van der Waals surface area contributed by atoms with E-state index in [1.54, 1.807) is 29.5 Å². The lowest BCUT2D eigenvalue weighted by Crippen LogP contribution is -2.42. The number of aromatic amines is 1. The van der Waals surface area contributed by atoms with Crippen molar-refractivity contribution < 1.29 is 9.90 Å².